The average molecular weight is 228 g/mol. The lowest BCUT2D eigenvalue weighted by atomic mass is 10.0. The van der Waals surface area contributed by atoms with Crippen LogP contribution in [0.5, 0.6) is 0 Å². The Morgan fingerprint density at radius 2 is 2.00 bits per heavy atom. The van der Waals surface area contributed by atoms with Crippen LogP contribution in [0.2, 0.25) is 0 Å². The molecule has 1 aromatic carbocycles. The second kappa shape index (κ2) is 3.59. The summed E-state index contributed by atoms with van der Waals surface area (Å²) >= 11 is 0. The van der Waals surface area contributed by atoms with Crippen LogP contribution < -0.4 is 0 Å². The minimum absolute atomic E-state index is 0.0425. The molecule has 0 spiro atoms. The van der Waals surface area contributed by atoms with E-state index in [0.717, 1.165) is 11.1 Å². The molecule has 3 heteroatoms. The zero-order chi connectivity index (χ0) is 12.8. The van der Waals surface area contributed by atoms with E-state index in [1.165, 1.54) is 0 Å². The van der Waals surface area contributed by atoms with Crippen LogP contribution in [0.25, 0.3) is 0 Å². The zero-order valence-electron chi connectivity index (χ0n) is 10.6. The highest BCUT2D eigenvalue weighted by Crippen LogP contribution is 2.38. The van der Waals surface area contributed by atoms with Gasteiger partial charge in [-0.05, 0) is 33.8 Å². The van der Waals surface area contributed by atoms with Gasteiger partial charge in [-0.1, -0.05) is 17.7 Å². The summed E-state index contributed by atoms with van der Waals surface area (Å²) < 4.78 is 0. The molecule has 17 heavy (non-hydrogen) atoms. The number of carbonyl (C=O) groups excluding carboxylic acids is 1. The molecule has 1 aliphatic heterocycles. The number of rotatable bonds is 0. The fourth-order valence-electron chi connectivity index (χ4n) is 2.31. The molecule has 0 fully saturated rings. The normalized spacial score (nSPS) is 19.1. The van der Waals surface area contributed by atoms with Crippen LogP contribution in [0.4, 0.5) is 0 Å². The van der Waals surface area contributed by atoms with E-state index in [2.05, 4.69) is 6.07 Å². The number of nitriles is 1. The van der Waals surface area contributed by atoms with Crippen molar-refractivity contribution in [1.82, 2.24) is 4.90 Å². The third kappa shape index (κ3) is 1.70. The van der Waals surface area contributed by atoms with Crippen molar-refractivity contribution in [1.29, 1.82) is 5.26 Å². The lowest BCUT2D eigenvalue weighted by molar-refractivity contribution is 0.0568. The Bertz CT molecular complexity index is 520. The summed E-state index contributed by atoms with van der Waals surface area (Å²) in [5.74, 6) is -0.0425. The molecular formula is C14H16N2O. The smallest absolute Gasteiger partial charge is 0.256 e. The van der Waals surface area contributed by atoms with Gasteiger partial charge in [0.25, 0.3) is 5.91 Å². The van der Waals surface area contributed by atoms with Crippen LogP contribution in [0.15, 0.2) is 18.2 Å². The molecule has 3 nitrogen and oxygen atoms in total. The number of nitrogens with zero attached hydrogens (tertiary/aromatic N) is 2. The topological polar surface area (TPSA) is 44.1 Å². The zero-order valence-corrected chi connectivity index (χ0v) is 10.6. The van der Waals surface area contributed by atoms with E-state index in [1.54, 1.807) is 4.90 Å². The standard InChI is InChI=1S/C14H16N2O/c1-9-5-6-10-11(7-9)12(8-15)16(13(10)17)14(2,3)4/h5-7,12H,1-4H3. The highest BCUT2D eigenvalue weighted by Gasteiger charge is 2.42. The minimum atomic E-state index is -0.461. The van der Waals surface area contributed by atoms with E-state index in [-0.39, 0.29) is 11.4 Å². The Kier molecular flexibility index (Phi) is 2.46. The van der Waals surface area contributed by atoms with E-state index >= 15 is 0 Å². The van der Waals surface area contributed by atoms with Gasteiger partial charge in [-0.2, -0.15) is 5.26 Å². The maximum Gasteiger partial charge on any atom is 0.256 e. The molecule has 1 unspecified atom stereocenters. The van der Waals surface area contributed by atoms with Crippen LogP contribution >= 0.6 is 0 Å². The molecule has 1 aliphatic rings. The third-order valence-electron chi connectivity index (χ3n) is 3.05. The number of carbonyl (C=O) groups is 1. The number of amides is 1. The number of hydrogen-bond acceptors (Lipinski definition) is 2. The van der Waals surface area contributed by atoms with Gasteiger partial charge in [0.1, 0.15) is 6.04 Å². The van der Waals surface area contributed by atoms with Crippen molar-refractivity contribution < 1.29 is 4.79 Å². The number of hydrogen-bond donors (Lipinski definition) is 0. The summed E-state index contributed by atoms with van der Waals surface area (Å²) in [6.45, 7) is 7.83. The first-order valence-electron chi connectivity index (χ1n) is 5.70. The highest BCUT2D eigenvalue weighted by atomic mass is 16.2. The van der Waals surface area contributed by atoms with Crippen molar-refractivity contribution in [2.45, 2.75) is 39.3 Å². The molecule has 0 radical (unpaired) electrons. The molecule has 1 aromatic rings. The fraction of sp³-hybridized carbons (Fsp3) is 0.429. The quantitative estimate of drug-likeness (QED) is 0.685. The first-order valence-corrected chi connectivity index (χ1v) is 5.70. The Hall–Kier alpha value is -1.82. The molecule has 0 bridgehead atoms. The van der Waals surface area contributed by atoms with E-state index in [1.807, 2.05) is 45.9 Å². The van der Waals surface area contributed by atoms with Gasteiger partial charge in [-0.3, -0.25) is 4.79 Å². The summed E-state index contributed by atoms with van der Waals surface area (Å²) in [5, 5.41) is 9.31. The summed E-state index contributed by atoms with van der Waals surface area (Å²) in [6, 6.07) is 7.45. The molecular weight excluding hydrogens is 212 g/mol. The second-order valence-corrected chi connectivity index (χ2v) is 5.47. The van der Waals surface area contributed by atoms with Crippen LogP contribution in [-0.4, -0.2) is 16.3 Å². The van der Waals surface area contributed by atoms with Crippen molar-refractivity contribution in [3.05, 3.63) is 34.9 Å². The van der Waals surface area contributed by atoms with Crippen molar-refractivity contribution in [2.75, 3.05) is 0 Å². The Labute approximate surface area is 102 Å². The van der Waals surface area contributed by atoms with Crippen LogP contribution in [0.1, 0.15) is 48.3 Å². The highest BCUT2D eigenvalue weighted by molar-refractivity contribution is 6.00. The fourth-order valence-corrected chi connectivity index (χ4v) is 2.31. The molecule has 1 amide bonds. The lowest BCUT2D eigenvalue weighted by Crippen LogP contribution is -2.43. The first kappa shape index (κ1) is 11.7. The summed E-state index contributed by atoms with van der Waals surface area (Å²) in [6.07, 6.45) is 0. The molecule has 0 N–H and O–H groups in total. The maximum absolute atomic E-state index is 12.3. The first-order chi connectivity index (χ1) is 7.86. The van der Waals surface area contributed by atoms with Crippen LogP contribution in [0.3, 0.4) is 0 Å². The monoisotopic (exact) mass is 228 g/mol. The Morgan fingerprint density at radius 1 is 1.35 bits per heavy atom. The van der Waals surface area contributed by atoms with E-state index in [9.17, 15) is 10.1 Å². The molecule has 1 atom stereocenters. The molecule has 0 saturated carbocycles. The lowest BCUT2D eigenvalue weighted by Gasteiger charge is -2.34. The molecule has 0 saturated heterocycles. The van der Waals surface area contributed by atoms with Gasteiger partial charge in [-0.25, -0.2) is 0 Å². The number of fused-ring (bicyclic) bond motifs is 1. The van der Waals surface area contributed by atoms with Gasteiger partial charge in [0.15, 0.2) is 0 Å². The summed E-state index contributed by atoms with van der Waals surface area (Å²) in [4.78, 5) is 14.0. The SMILES string of the molecule is Cc1ccc2c(c1)C(C#N)N(C(C)(C)C)C2=O. The molecule has 1 heterocycles. The van der Waals surface area contributed by atoms with Crippen LogP contribution in [-0.2, 0) is 0 Å². The Balaban J connectivity index is 2.60. The number of aryl methyl sites for hydroxylation is 1. The van der Waals surface area contributed by atoms with Gasteiger partial charge in [0.05, 0.1) is 6.07 Å². The minimum Gasteiger partial charge on any atom is -0.314 e. The maximum atomic E-state index is 12.3. The molecule has 0 aliphatic carbocycles. The summed E-state index contributed by atoms with van der Waals surface area (Å²) in [5.41, 5.74) is 2.24. The van der Waals surface area contributed by atoms with E-state index in [4.69, 9.17) is 0 Å². The van der Waals surface area contributed by atoms with Crippen molar-refractivity contribution in [2.24, 2.45) is 0 Å². The van der Waals surface area contributed by atoms with Gasteiger partial charge < -0.3 is 4.90 Å². The molecule has 0 aromatic heterocycles. The van der Waals surface area contributed by atoms with Crippen LogP contribution in [0, 0.1) is 18.3 Å². The van der Waals surface area contributed by atoms with E-state index in [0.29, 0.717) is 5.56 Å². The Morgan fingerprint density at radius 3 is 2.53 bits per heavy atom. The molecule has 88 valence electrons. The largest absolute Gasteiger partial charge is 0.314 e. The summed E-state index contributed by atoms with van der Waals surface area (Å²) in [7, 11) is 0. The predicted octanol–water partition coefficient (Wildman–Crippen LogP) is 2.81. The van der Waals surface area contributed by atoms with Crippen molar-refractivity contribution >= 4 is 5.91 Å². The van der Waals surface area contributed by atoms with Gasteiger partial charge in [0, 0.05) is 16.7 Å². The van der Waals surface area contributed by atoms with Crippen molar-refractivity contribution in [3.8, 4) is 6.07 Å². The predicted molar refractivity (Wildman–Crippen MR) is 65.5 cm³/mol. The van der Waals surface area contributed by atoms with E-state index < -0.39 is 6.04 Å². The second-order valence-electron chi connectivity index (χ2n) is 5.47. The van der Waals surface area contributed by atoms with Gasteiger partial charge in [-0.15, -0.1) is 0 Å². The molecule has 2 rings (SSSR count). The van der Waals surface area contributed by atoms with Gasteiger partial charge in [0.2, 0.25) is 0 Å². The average Bonchev–Trinajstić information content (AvgIpc) is 2.50. The number of benzene rings is 1. The third-order valence-corrected chi connectivity index (χ3v) is 3.05. The van der Waals surface area contributed by atoms with Gasteiger partial charge >= 0.3 is 0 Å². The van der Waals surface area contributed by atoms with Crippen molar-refractivity contribution in [3.63, 3.8) is 0 Å².